The van der Waals surface area contributed by atoms with Gasteiger partial charge in [0.1, 0.15) is 26.2 Å². The summed E-state index contributed by atoms with van der Waals surface area (Å²) in [6.45, 7) is 0.00474. The molecule has 2 aromatic rings. The summed E-state index contributed by atoms with van der Waals surface area (Å²) in [5, 5.41) is 13.4. The highest BCUT2D eigenvalue weighted by atomic mass is 35.5. The first-order valence-corrected chi connectivity index (χ1v) is 8.46. The van der Waals surface area contributed by atoms with Crippen LogP contribution < -0.4 is 0 Å². The van der Waals surface area contributed by atoms with Gasteiger partial charge in [-0.3, -0.25) is 4.68 Å². The summed E-state index contributed by atoms with van der Waals surface area (Å²) in [7, 11) is -3.19. The molecule has 0 aliphatic carbocycles. The molecule has 112 valence electrons. The van der Waals surface area contributed by atoms with Crippen molar-refractivity contribution in [2.45, 2.75) is 6.54 Å². The molecule has 0 amide bonds. The summed E-state index contributed by atoms with van der Waals surface area (Å²) in [5.74, 6) is -1.37. The molecule has 0 radical (unpaired) electrons. The lowest BCUT2D eigenvalue weighted by atomic mass is 10.1. The van der Waals surface area contributed by atoms with E-state index in [9.17, 15) is 18.3 Å². The lowest BCUT2D eigenvalue weighted by Gasteiger charge is -2.01. The second kappa shape index (κ2) is 5.87. The van der Waals surface area contributed by atoms with Gasteiger partial charge >= 0.3 is 5.97 Å². The zero-order valence-corrected chi connectivity index (χ0v) is 12.7. The fraction of sp³-hybridized carbons (Fsp3) is 0.231. The highest BCUT2D eigenvalue weighted by Gasteiger charge is 2.23. The molecule has 0 bridgehead atoms. The molecular weight excluding hydrogens is 316 g/mol. The Morgan fingerprint density at radius 2 is 1.95 bits per heavy atom. The molecule has 8 heteroatoms. The van der Waals surface area contributed by atoms with E-state index in [1.54, 1.807) is 30.3 Å². The number of carbonyl (C=O) groups is 1. The number of aromatic carboxylic acids is 1. The second-order valence-corrected chi connectivity index (χ2v) is 7.16. The predicted molar refractivity (Wildman–Crippen MR) is 79.3 cm³/mol. The van der Waals surface area contributed by atoms with Crippen LogP contribution in [0.2, 0.25) is 5.15 Å². The Kier molecular flexibility index (Phi) is 4.34. The van der Waals surface area contributed by atoms with Crippen LogP contribution in [-0.2, 0) is 16.4 Å². The van der Waals surface area contributed by atoms with Crippen LogP contribution >= 0.6 is 11.6 Å². The van der Waals surface area contributed by atoms with Crippen molar-refractivity contribution in [3.05, 3.63) is 41.0 Å². The quantitative estimate of drug-likeness (QED) is 0.906. The summed E-state index contributed by atoms with van der Waals surface area (Å²) >= 11 is 6.03. The minimum atomic E-state index is -3.19. The Bertz CT molecular complexity index is 769. The van der Waals surface area contributed by atoms with Crippen LogP contribution in [0.15, 0.2) is 30.3 Å². The molecular formula is C13H13ClN2O4S. The maximum absolute atomic E-state index is 11.4. The number of nitrogens with zero attached hydrogens (tertiary/aromatic N) is 2. The largest absolute Gasteiger partial charge is 0.478 e. The molecule has 2 rings (SSSR count). The van der Waals surface area contributed by atoms with Crippen molar-refractivity contribution < 1.29 is 18.3 Å². The molecule has 1 aromatic carbocycles. The Hall–Kier alpha value is -1.86. The molecule has 6 nitrogen and oxygen atoms in total. The van der Waals surface area contributed by atoms with Crippen LogP contribution in [-0.4, -0.2) is 41.3 Å². The van der Waals surface area contributed by atoms with E-state index in [2.05, 4.69) is 5.10 Å². The Balaban J connectivity index is 2.49. The van der Waals surface area contributed by atoms with E-state index >= 15 is 0 Å². The first-order valence-electron chi connectivity index (χ1n) is 6.02. The SMILES string of the molecule is CS(=O)(=O)CCn1nc(-c2ccccc2)c(C(=O)O)c1Cl. The summed E-state index contributed by atoms with van der Waals surface area (Å²) in [4.78, 5) is 11.4. The van der Waals surface area contributed by atoms with Crippen molar-refractivity contribution in [1.29, 1.82) is 0 Å². The number of sulfone groups is 1. The summed E-state index contributed by atoms with van der Waals surface area (Å²) in [6.07, 6.45) is 1.10. The highest BCUT2D eigenvalue weighted by Crippen LogP contribution is 2.28. The fourth-order valence-electron chi connectivity index (χ4n) is 1.83. The summed E-state index contributed by atoms with van der Waals surface area (Å²) in [5.41, 5.74) is 0.702. The maximum Gasteiger partial charge on any atom is 0.341 e. The first kappa shape index (κ1) is 15.5. The van der Waals surface area contributed by atoms with Gasteiger partial charge in [0, 0.05) is 11.8 Å². The Morgan fingerprint density at radius 1 is 1.33 bits per heavy atom. The van der Waals surface area contributed by atoms with Gasteiger partial charge in [-0.2, -0.15) is 5.10 Å². The van der Waals surface area contributed by atoms with Gasteiger partial charge in [0.15, 0.2) is 0 Å². The predicted octanol–water partition coefficient (Wildman–Crippen LogP) is 1.95. The molecule has 0 spiro atoms. The van der Waals surface area contributed by atoms with Crippen molar-refractivity contribution in [3.63, 3.8) is 0 Å². The zero-order chi connectivity index (χ0) is 15.6. The van der Waals surface area contributed by atoms with E-state index < -0.39 is 15.8 Å². The number of hydrogen-bond acceptors (Lipinski definition) is 4. The summed E-state index contributed by atoms with van der Waals surface area (Å²) in [6, 6.07) is 8.74. The van der Waals surface area contributed by atoms with Crippen molar-refractivity contribution in [2.24, 2.45) is 0 Å². The van der Waals surface area contributed by atoms with Crippen LogP contribution in [0.5, 0.6) is 0 Å². The number of halogens is 1. The van der Waals surface area contributed by atoms with Gasteiger partial charge in [-0.05, 0) is 0 Å². The highest BCUT2D eigenvalue weighted by molar-refractivity contribution is 7.90. The number of benzene rings is 1. The molecule has 0 saturated heterocycles. The average molecular weight is 329 g/mol. The van der Waals surface area contributed by atoms with Gasteiger partial charge in [0.2, 0.25) is 0 Å². The van der Waals surface area contributed by atoms with Crippen molar-refractivity contribution in [3.8, 4) is 11.3 Å². The van der Waals surface area contributed by atoms with Gasteiger partial charge in [0.05, 0.1) is 12.3 Å². The van der Waals surface area contributed by atoms with E-state index in [1.807, 2.05) is 0 Å². The third-order valence-electron chi connectivity index (χ3n) is 2.83. The third-order valence-corrected chi connectivity index (χ3v) is 4.13. The number of carboxylic acid groups (broad SMARTS) is 1. The fourth-order valence-corrected chi connectivity index (χ4v) is 2.63. The normalized spacial score (nSPS) is 11.5. The van der Waals surface area contributed by atoms with Crippen LogP contribution in [0, 0.1) is 0 Å². The van der Waals surface area contributed by atoms with E-state index in [0.29, 0.717) is 5.56 Å². The number of aromatic nitrogens is 2. The van der Waals surface area contributed by atoms with Crippen LogP contribution in [0.4, 0.5) is 0 Å². The topological polar surface area (TPSA) is 89.3 Å². The van der Waals surface area contributed by atoms with E-state index in [4.69, 9.17) is 11.6 Å². The van der Waals surface area contributed by atoms with Gasteiger partial charge in [0.25, 0.3) is 0 Å². The molecule has 0 aliphatic heterocycles. The molecule has 0 saturated carbocycles. The lowest BCUT2D eigenvalue weighted by Crippen LogP contribution is -2.12. The van der Waals surface area contributed by atoms with Gasteiger partial charge in [-0.25, -0.2) is 13.2 Å². The van der Waals surface area contributed by atoms with Gasteiger partial charge < -0.3 is 5.11 Å². The summed E-state index contributed by atoms with van der Waals surface area (Å²) < 4.78 is 23.6. The van der Waals surface area contributed by atoms with Crippen LogP contribution in [0.1, 0.15) is 10.4 Å². The van der Waals surface area contributed by atoms with Crippen molar-refractivity contribution in [1.82, 2.24) is 9.78 Å². The van der Waals surface area contributed by atoms with E-state index in [-0.39, 0.29) is 28.7 Å². The monoisotopic (exact) mass is 328 g/mol. The third kappa shape index (κ3) is 3.62. The van der Waals surface area contributed by atoms with Crippen molar-refractivity contribution in [2.75, 3.05) is 12.0 Å². The first-order chi connectivity index (χ1) is 9.79. The maximum atomic E-state index is 11.4. The second-order valence-electron chi connectivity index (χ2n) is 4.54. The molecule has 0 fully saturated rings. The molecule has 1 N–H and O–H groups in total. The number of rotatable bonds is 5. The molecule has 1 aromatic heterocycles. The number of aryl methyl sites for hydroxylation is 1. The molecule has 0 aliphatic rings. The van der Waals surface area contributed by atoms with Gasteiger partial charge in [-0.15, -0.1) is 0 Å². The van der Waals surface area contributed by atoms with E-state index in [1.165, 1.54) is 4.68 Å². The Labute approximate surface area is 126 Å². The van der Waals surface area contributed by atoms with E-state index in [0.717, 1.165) is 6.26 Å². The zero-order valence-electron chi connectivity index (χ0n) is 11.2. The Morgan fingerprint density at radius 3 is 2.48 bits per heavy atom. The lowest BCUT2D eigenvalue weighted by molar-refractivity contribution is 0.0698. The molecule has 0 unspecified atom stereocenters. The van der Waals surface area contributed by atoms with Crippen molar-refractivity contribution >= 4 is 27.4 Å². The molecule has 0 atom stereocenters. The molecule has 1 heterocycles. The minimum absolute atomic E-state index is 0.00474. The minimum Gasteiger partial charge on any atom is -0.478 e. The van der Waals surface area contributed by atoms with Crippen LogP contribution in [0.3, 0.4) is 0 Å². The molecule has 21 heavy (non-hydrogen) atoms. The average Bonchev–Trinajstić information content (AvgIpc) is 2.74. The number of hydrogen-bond donors (Lipinski definition) is 1. The number of carboxylic acids is 1. The smallest absolute Gasteiger partial charge is 0.341 e. The standard InChI is InChI=1S/C13H13ClN2O4S/c1-21(19,20)8-7-16-12(14)10(13(17)18)11(15-16)9-5-3-2-4-6-9/h2-6H,7-8H2,1H3,(H,17,18). The van der Waals surface area contributed by atoms with Gasteiger partial charge in [-0.1, -0.05) is 41.9 Å². The van der Waals surface area contributed by atoms with Crippen LogP contribution in [0.25, 0.3) is 11.3 Å².